The third kappa shape index (κ3) is 7.79. The highest BCUT2D eigenvalue weighted by Crippen LogP contribution is 2.09. The fourth-order valence-corrected chi connectivity index (χ4v) is 1.97. The van der Waals surface area contributed by atoms with Crippen molar-refractivity contribution in [3.63, 3.8) is 0 Å². The van der Waals surface area contributed by atoms with Crippen LogP contribution in [0.25, 0.3) is 0 Å². The average Bonchev–Trinajstić information content (AvgIpc) is 2.58. The maximum absolute atomic E-state index is 12.0. The van der Waals surface area contributed by atoms with Crippen molar-refractivity contribution in [2.24, 2.45) is 0 Å². The van der Waals surface area contributed by atoms with E-state index >= 15 is 0 Å². The van der Waals surface area contributed by atoms with Gasteiger partial charge in [0, 0.05) is 6.61 Å². The molecule has 1 aromatic rings. The van der Waals surface area contributed by atoms with Crippen LogP contribution in [0.1, 0.15) is 60.2 Å². The molecule has 0 unspecified atom stereocenters. The Hall–Kier alpha value is -1.88. The first kappa shape index (κ1) is 19.2. The van der Waals surface area contributed by atoms with Crippen LogP contribution >= 0.6 is 0 Å². The quantitative estimate of drug-likeness (QED) is 0.460. The molecule has 0 heterocycles. The summed E-state index contributed by atoms with van der Waals surface area (Å²) in [4.78, 5) is 23.8. The van der Waals surface area contributed by atoms with Gasteiger partial charge >= 0.3 is 11.9 Å². The first-order valence-electron chi connectivity index (χ1n) is 8.21. The van der Waals surface area contributed by atoms with Gasteiger partial charge < -0.3 is 14.2 Å². The van der Waals surface area contributed by atoms with Crippen LogP contribution in [0.15, 0.2) is 24.3 Å². The standard InChI is InChI=1S/C18H26O5/c1-3-5-6-7-11-22-17(19)15-9-8-10-16(14-15)18(20)23-13-12-21-4-2/h8-10,14H,3-7,11-13H2,1-2H3. The zero-order valence-corrected chi connectivity index (χ0v) is 14.0. The van der Waals surface area contributed by atoms with Crippen molar-refractivity contribution >= 4 is 11.9 Å². The van der Waals surface area contributed by atoms with Gasteiger partial charge in [0.2, 0.25) is 0 Å². The van der Waals surface area contributed by atoms with Gasteiger partial charge in [0.15, 0.2) is 0 Å². The summed E-state index contributed by atoms with van der Waals surface area (Å²) in [6, 6.07) is 6.39. The van der Waals surface area contributed by atoms with Crippen LogP contribution in [0.5, 0.6) is 0 Å². The first-order chi connectivity index (χ1) is 11.2. The van der Waals surface area contributed by atoms with E-state index in [-0.39, 0.29) is 6.61 Å². The molecule has 1 rings (SSSR count). The Bertz CT molecular complexity index is 484. The second-order valence-corrected chi connectivity index (χ2v) is 5.11. The Morgan fingerprint density at radius 1 is 0.870 bits per heavy atom. The van der Waals surface area contributed by atoms with Crippen LogP contribution in [-0.4, -0.2) is 38.4 Å². The van der Waals surface area contributed by atoms with E-state index in [9.17, 15) is 9.59 Å². The molecule has 0 radical (unpaired) electrons. The molecule has 5 heteroatoms. The first-order valence-corrected chi connectivity index (χ1v) is 8.21. The van der Waals surface area contributed by atoms with Crippen molar-refractivity contribution in [1.82, 2.24) is 0 Å². The van der Waals surface area contributed by atoms with Gasteiger partial charge in [-0.1, -0.05) is 32.3 Å². The molecule has 0 atom stereocenters. The monoisotopic (exact) mass is 322 g/mol. The van der Waals surface area contributed by atoms with Crippen molar-refractivity contribution in [1.29, 1.82) is 0 Å². The number of rotatable bonds is 11. The van der Waals surface area contributed by atoms with Gasteiger partial charge in [0.25, 0.3) is 0 Å². The zero-order chi connectivity index (χ0) is 16.9. The lowest BCUT2D eigenvalue weighted by Gasteiger charge is -2.07. The fraction of sp³-hybridized carbons (Fsp3) is 0.556. The van der Waals surface area contributed by atoms with Crippen molar-refractivity contribution in [2.45, 2.75) is 39.5 Å². The smallest absolute Gasteiger partial charge is 0.338 e. The second kappa shape index (κ2) is 11.7. The Morgan fingerprint density at radius 3 is 2.13 bits per heavy atom. The lowest BCUT2D eigenvalue weighted by Crippen LogP contribution is -2.12. The molecule has 0 aliphatic rings. The molecule has 5 nitrogen and oxygen atoms in total. The van der Waals surface area contributed by atoms with E-state index in [0.717, 1.165) is 25.7 Å². The summed E-state index contributed by atoms with van der Waals surface area (Å²) >= 11 is 0. The van der Waals surface area contributed by atoms with Gasteiger partial charge in [0.05, 0.1) is 24.3 Å². The molecule has 0 N–H and O–H groups in total. The highest BCUT2D eigenvalue weighted by Gasteiger charge is 2.12. The summed E-state index contributed by atoms with van der Waals surface area (Å²) in [6.07, 6.45) is 4.19. The van der Waals surface area contributed by atoms with Crippen LogP contribution in [0.3, 0.4) is 0 Å². The van der Waals surface area contributed by atoms with Gasteiger partial charge in [-0.05, 0) is 31.5 Å². The molecular weight excluding hydrogens is 296 g/mol. The van der Waals surface area contributed by atoms with Crippen molar-refractivity contribution in [3.05, 3.63) is 35.4 Å². The number of unbranched alkanes of at least 4 members (excludes halogenated alkanes) is 3. The Morgan fingerprint density at radius 2 is 1.52 bits per heavy atom. The summed E-state index contributed by atoms with van der Waals surface area (Å²) in [7, 11) is 0. The Kier molecular flexibility index (Phi) is 9.71. The fourth-order valence-electron chi connectivity index (χ4n) is 1.97. The van der Waals surface area contributed by atoms with Crippen LogP contribution < -0.4 is 0 Å². The van der Waals surface area contributed by atoms with Crippen molar-refractivity contribution in [3.8, 4) is 0 Å². The second-order valence-electron chi connectivity index (χ2n) is 5.11. The van der Waals surface area contributed by atoms with Crippen LogP contribution in [0, 0.1) is 0 Å². The molecule has 1 aromatic carbocycles. The highest BCUT2D eigenvalue weighted by molar-refractivity contribution is 5.95. The number of carbonyl (C=O) groups is 2. The predicted molar refractivity (Wildman–Crippen MR) is 87.6 cm³/mol. The minimum Gasteiger partial charge on any atom is -0.462 e. The minimum atomic E-state index is -0.470. The predicted octanol–water partition coefficient (Wildman–Crippen LogP) is 3.62. The van der Waals surface area contributed by atoms with Crippen molar-refractivity contribution in [2.75, 3.05) is 26.4 Å². The van der Waals surface area contributed by atoms with Gasteiger partial charge in [0.1, 0.15) is 6.61 Å². The molecule has 0 aliphatic carbocycles. The molecule has 0 aromatic heterocycles. The van der Waals surface area contributed by atoms with E-state index in [1.54, 1.807) is 18.2 Å². The third-order valence-electron chi connectivity index (χ3n) is 3.23. The molecule has 0 saturated heterocycles. The molecule has 0 bridgehead atoms. The van der Waals surface area contributed by atoms with E-state index in [1.165, 1.54) is 6.07 Å². The summed E-state index contributed by atoms with van der Waals surface area (Å²) < 4.78 is 15.4. The van der Waals surface area contributed by atoms with Crippen molar-refractivity contribution < 1.29 is 23.8 Å². The van der Waals surface area contributed by atoms with E-state index in [4.69, 9.17) is 14.2 Å². The van der Waals surface area contributed by atoms with E-state index in [0.29, 0.717) is 30.9 Å². The van der Waals surface area contributed by atoms with Crippen LogP contribution in [0.4, 0.5) is 0 Å². The number of benzene rings is 1. The molecule has 128 valence electrons. The van der Waals surface area contributed by atoms with Crippen LogP contribution in [0.2, 0.25) is 0 Å². The molecule has 0 spiro atoms. The maximum Gasteiger partial charge on any atom is 0.338 e. The number of ether oxygens (including phenoxy) is 3. The normalized spacial score (nSPS) is 10.3. The number of carbonyl (C=O) groups excluding carboxylic acids is 2. The molecule has 0 fully saturated rings. The van der Waals surface area contributed by atoms with Gasteiger partial charge in [-0.3, -0.25) is 0 Å². The van der Waals surface area contributed by atoms with E-state index in [2.05, 4.69) is 6.92 Å². The number of esters is 2. The summed E-state index contributed by atoms with van der Waals surface area (Å²) in [5.74, 6) is -0.882. The molecule has 0 amide bonds. The van der Waals surface area contributed by atoms with E-state index < -0.39 is 11.9 Å². The zero-order valence-electron chi connectivity index (χ0n) is 14.0. The van der Waals surface area contributed by atoms with E-state index in [1.807, 2.05) is 6.92 Å². The summed E-state index contributed by atoms with van der Waals surface area (Å²) in [5.41, 5.74) is 0.696. The van der Waals surface area contributed by atoms with Crippen LogP contribution in [-0.2, 0) is 14.2 Å². The SMILES string of the molecule is CCCCCCOC(=O)c1cccc(C(=O)OCCOCC)c1. The average molecular weight is 322 g/mol. The maximum atomic E-state index is 12.0. The number of hydrogen-bond acceptors (Lipinski definition) is 5. The topological polar surface area (TPSA) is 61.8 Å². The lowest BCUT2D eigenvalue weighted by molar-refractivity contribution is 0.0335. The minimum absolute atomic E-state index is 0.193. The lowest BCUT2D eigenvalue weighted by atomic mass is 10.1. The number of hydrogen-bond donors (Lipinski definition) is 0. The molecule has 0 aliphatic heterocycles. The molecule has 23 heavy (non-hydrogen) atoms. The summed E-state index contributed by atoms with van der Waals surface area (Å²) in [6.45, 7) is 5.55. The Balaban J connectivity index is 2.45. The summed E-state index contributed by atoms with van der Waals surface area (Å²) in [5, 5.41) is 0. The highest BCUT2D eigenvalue weighted by atomic mass is 16.6. The molecular formula is C18H26O5. The van der Waals surface area contributed by atoms with Gasteiger partial charge in [-0.15, -0.1) is 0 Å². The Labute approximate surface area is 137 Å². The third-order valence-corrected chi connectivity index (χ3v) is 3.23. The van der Waals surface area contributed by atoms with Gasteiger partial charge in [-0.25, -0.2) is 9.59 Å². The van der Waals surface area contributed by atoms with Gasteiger partial charge in [-0.2, -0.15) is 0 Å². The molecule has 0 saturated carbocycles. The largest absolute Gasteiger partial charge is 0.462 e.